The third kappa shape index (κ3) is 2.96. The maximum Gasteiger partial charge on any atom is 0.159 e. The van der Waals surface area contributed by atoms with Gasteiger partial charge in [-0.3, -0.25) is 15.1 Å². The number of nitrogens with one attached hydrogen (secondary N) is 2. The van der Waals surface area contributed by atoms with Gasteiger partial charge in [0.2, 0.25) is 0 Å². The lowest BCUT2D eigenvalue weighted by Crippen LogP contribution is -1.88. The summed E-state index contributed by atoms with van der Waals surface area (Å²) < 4.78 is 0. The average Bonchev–Trinajstić information content (AvgIpc) is 3.50. The number of nitrogen functional groups attached to an aromatic ring is 1. The molecule has 1 aromatic carbocycles. The molecule has 0 spiro atoms. The Morgan fingerprint density at radius 2 is 1.87 bits per heavy atom. The second kappa shape index (κ2) is 6.75. The van der Waals surface area contributed by atoms with Crippen LogP contribution in [0.15, 0.2) is 61.1 Å². The van der Waals surface area contributed by atoms with Crippen LogP contribution in [0.5, 0.6) is 0 Å². The first kappa shape index (κ1) is 17.8. The summed E-state index contributed by atoms with van der Waals surface area (Å²) in [7, 11) is 0. The summed E-state index contributed by atoms with van der Waals surface area (Å²) >= 11 is 1.71. The van der Waals surface area contributed by atoms with Crippen LogP contribution in [-0.4, -0.2) is 30.1 Å². The van der Waals surface area contributed by atoms with Crippen LogP contribution in [0, 0.1) is 6.92 Å². The zero-order valence-electron chi connectivity index (χ0n) is 16.5. The number of benzene rings is 1. The van der Waals surface area contributed by atoms with E-state index in [1.54, 1.807) is 23.7 Å². The minimum absolute atomic E-state index is 0.631. The highest BCUT2D eigenvalue weighted by Crippen LogP contribution is 2.34. The highest BCUT2D eigenvalue weighted by atomic mass is 32.1. The number of nitrogens with zero attached hydrogens (tertiary/aromatic N) is 4. The number of aromatic amines is 2. The Bertz CT molecular complexity index is 1570. The fourth-order valence-corrected chi connectivity index (χ4v) is 4.64. The molecule has 0 bridgehead atoms. The van der Waals surface area contributed by atoms with E-state index in [4.69, 9.17) is 10.7 Å². The molecule has 0 radical (unpaired) electrons. The third-order valence-corrected chi connectivity index (χ3v) is 6.26. The van der Waals surface area contributed by atoms with E-state index in [9.17, 15) is 0 Å². The van der Waals surface area contributed by atoms with Crippen molar-refractivity contribution in [3.05, 3.63) is 65.9 Å². The highest BCUT2D eigenvalue weighted by molar-refractivity contribution is 7.15. The molecule has 4 N–H and O–H groups in total. The summed E-state index contributed by atoms with van der Waals surface area (Å²) in [5, 5.41) is 8.62. The molecular formula is C23H17N7S. The number of thiophene rings is 1. The largest absolute Gasteiger partial charge is 0.397 e. The standard InChI is InChI=1S/C23H17N7S/c1-12-2-5-19(31-12)22-21-18(6-7-26-22)27-23(28-21)20-16-9-13(3-4-17(16)29-30-20)14-8-15(24)11-25-10-14/h2-11H,24H2,1H3,(H,27,28)(H,29,30). The zero-order valence-corrected chi connectivity index (χ0v) is 17.4. The van der Waals surface area contributed by atoms with Gasteiger partial charge < -0.3 is 10.7 Å². The normalized spacial score (nSPS) is 11.5. The number of rotatable bonds is 3. The summed E-state index contributed by atoms with van der Waals surface area (Å²) in [6.45, 7) is 2.09. The van der Waals surface area contributed by atoms with Gasteiger partial charge in [-0.1, -0.05) is 6.07 Å². The van der Waals surface area contributed by atoms with Gasteiger partial charge >= 0.3 is 0 Å². The molecule has 7 nitrogen and oxygen atoms in total. The molecular weight excluding hydrogens is 406 g/mol. The van der Waals surface area contributed by atoms with E-state index in [0.717, 1.165) is 49.3 Å². The number of aromatic nitrogens is 6. The van der Waals surface area contributed by atoms with Crippen molar-refractivity contribution in [1.29, 1.82) is 0 Å². The Morgan fingerprint density at radius 1 is 0.935 bits per heavy atom. The van der Waals surface area contributed by atoms with Crippen LogP contribution < -0.4 is 5.73 Å². The molecule has 31 heavy (non-hydrogen) atoms. The van der Waals surface area contributed by atoms with E-state index in [0.29, 0.717) is 11.5 Å². The van der Waals surface area contributed by atoms with Crippen molar-refractivity contribution in [2.75, 3.05) is 5.73 Å². The lowest BCUT2D eigenvalue weighted by molar-refractivity contribution is 1.11. The van der Waals surface area contributed by atoms with Gasteiger partial charge in [0, 0.05) is 34.4 Å². The first-order chi connectivity index (χ1) is 15.2. The number of aryl methyl sites for hydroxylation is 1. The molecule has 0 atom stereocenters. The summed E-state index contributed by atoms with van der Waals surface area (Å²) in [4.78, 5) is 19.4. The average molecular weight is 424 g/mol. The SMILES string of the molecule is Cc1ccc(-c2nccc3[nH]c(-c4n[nH]c5ccc(-c6cncc(N)c6)cc45)nc23)s1. The van der Waals surface area contributed by atoms with Gasteiger partial charge in [0.25, 0.3) is 0 Å². The summed E-state index contributed by atoms with van der Waals surface area (Å²) in [5.41, 5.74) is 12.9. The van der Waals surface area contributed by atoms with Crippen molar-refractivity contribution in [3.63, 3.8) is 0 Å². The summed E-state index contributed by atoms with van der Waals surface area (Å²) in [6.07, 6.45) is 5.25. The van der Waals surface area contributed by atoms with Gasteiger partial charge in [-0.2, -0.15) is 5.10 Å². The van der Waals surface area contributed by atoms with Crippen molar-refractivity contribution in [2.24, 2.45) is 0 Å². The maximum atomic E-state index is 5.92. The summed E-state index contributed by atoms with van der Waals surface area (Å²) in [5.74, 6) is 0.701. The fourth-order valence-electron chi connectivity index (χ4n) is 3.78. The van der Waals surface area contributed by atoms with Crippen molar-refractivity contribution < 1.29 is 0 Å². The molecule has 5 heterocycles. The van der Waals surface area contributed by atoms with E-state index in [2.05, 4.69) is 50.3 Å². The Morgan fingerprint density at radius 3 is 2.71 bits per heavy atom. The molecule has 150 valence electrons. The Kier molecular flexibility index (Phi) is 3.87. The number of hydrogen-bond donors (Lipinski definition) is 3. The topological polar surface area (TPSA) is 109 Å². The quantitative estimate of drug-likeness (QED) is 0.363. The fraction of sp³-hybridized carbons (Fsp3) is 0.0435. The van der Waals surface area contributed by atoms with Gasteiger partial charge in [-0.05, 0) is 48.9 Å². The van der Waals surface area contributed by atoms with Crippen molar-refractivity contribution in [2.45, 2.75) is 6.92 Å². The third-order valence-electron chi connectivity index (χ3n) is 5.25. The molecule has 5 aromatic heterocycles. The van der Waals surface area contributed by atoms with Crippen LogP contribution >= 0.6 is 11.3 Å². The monoisotopic (exact) mass is 423 g/mol. The number of pyridine rings is 2. The van der Waals surface area contributed by atoms with E-state index >= 15 is 0 Å². The predicted octanol–water partition coefficient (Wildman–Crippen LogP) is 5.18. The van der Waals surface area contributed by atoms with E-state index < -0.39 is 0 Å². The van der Waals surface area contributed by atoms with Crippen LogP contribution in [0.3, 0.4) is 0 Å². The van der Waals surface area contributed by atoms with Gasteiger partial charge in [0.15, 0.2) is 5.82 Å². The Hall–Kier alpha value is -4.04. The van der Waals surface area contributed by atoms with Crippen molar-refractivity contribution in [1.82, 2.24) is 30.1 Å². The van der Waals surface area contributed by atoms with E-state index in [1.165, 1.54) is 4.88 Å². The molecule has 0 fully saturated rings. The van der Waals surface area contributed by atoms with Gasteiger partial charge in [-0.25, -0.2) is 4.98 Å². The number of H-pyrrole nitrogens is 2. The minimum atomic E-state index is 0.631. The van der Waals surface area contributed by atoms with Gasteiger partial charge in [0.05, 0.1) is 21.6 Å². The first-order valence-electron chi connectivity index (χ1n) is 9.76. The smallest absolute Gasteiger partial charge is 0.159 e. The molecule has 6 aromatic rings. The number of hydrogen-bond acceptors (Lipinski definition) is 6. The molecule has 0 amide bonds. The van der Waals surface area contributed by atoms with Gasteiger partial charge in [-0.15, -0.1) is 11.3 Å². The molecule has 0 unspecified atom stereocenters. The molecule has 0 aliphatic heterocycles. The van der Waals surface area contributed by atoms with Crippen LogP contribution in [0.1, 0.15) is 4.88 Å². The highest BCUT2D eigenvalue weighted by Gasteiger charge is 2.17. The summed E-state index contributed by atoms with van der Waals surface area (Å²) in [6, 6.07) is 14.2. The predicted molar refractivity (Wildman–Crippen MR) is 125 cm³/mol. The number of nitrogens with two attached hydrogens (primary N) is 1. The Labute approximate surface area is 181 Å². The van der Waals surface area contributed by atoms with Crippen LogP contribution in [0.4, 0.5) is 5.69 Å². The molecule has 8 heteroatoms. The molecule has 0 saturated carbocycles. The van der Waals surface area contributed by atoms with E-state index in [1.807, 2.05) is 30.5 Å². The van der Waals surface area contributed by atoms with Gasteiger partial charge in [0.1, 0.15) is 16.9 Å². The molecule has 0 aliphatic rings. The number of fused-ring (bicyclic) bond motifs is 2. The lowest BCUT2D eigenvalue weighted by Gasteiger charge is -2.03. The maximum absolute atomic E-state index is 5.92. The first-order valence-corrected chi connectivity index (χ1v) is 10.6. The number of imidazole rings is 1. The minimum Gasteiger partial charge on any atom is -0.397 e. The molecule has 6 rings (SSSR count). The van der Waals surface area contributed by atoms with Crippen molar-refractivity contribution in [3.8, 4) is 33.2 Å². The number of anilines is 1. The second-order valence-corrected chi connectivity index (χ2v) is 8.68. The second-order valence-electron chi connectivity index (χ2n) is 7.39. The molecule has 0 saturated heterocycles. The molecule has 0 aliphatic carbocycles. The zero-order chi connectivity index (χ0) is 20.9. The Balaban J connectivity index is 1.51. The van der Waals surface area contributed by atoms with Crippen LogP contribution in [-0.2, 0) is 0 Å². The van der Waals surface area contributed by atoms with Crippen LogP contribution in [0.2, 0.25) is 0 Å². The lowest BCUT2D eigenvalue weighted by atomic mass is 10.0. The van der Waals surface area contributed by atoms with Crippen molar-refractivity contribution >= 4 is 39.0 Å². The van der Waals surface area contributed by atoms with E-state index in [-0.39, 0.29) is 0 Å². The van der Waals surface area contributed by atoms with Crippen LogP contribution in [0.25, 0.3) is 55.2 Å².